The van der Waals surface area contributed by atoms with Gasteiger partial charge in [0.05, 0.1) is 16.8 Å². The highest BCUT2D eigenvalue weighted by molar-refractivity contribution is 9.10. The van der Waals surface area contributed by atoms with Gasteiger partial charge in [-0.1, -0.05) is 0 Å². The Bertz CT molecular complexity index is 521. The van der Waals surface area contributed by atoms with Crippen LogP contribution in [0.15, 0.2) is 39.4 Å². The van der Waals surface area contributed by atoms with E-state index < -0.39 is 11.6 Å². The highest BCUT2D eigenvalue weighted by Crippen LogP contribution is 2.27. The fourth-order valence-corrected chi connectivity index (χ4v) is 2.32. The molecule has 1 unspecified atom stereocenters. The molecule has 0 amide bonds. The Balaban J connectivity index is 2.23. The zero-order chi connectivity index (χ0) is 13.1. The van der Waals surface area contributed by atoms with Crippen LogP contribution in [0.2, 0.25) is 0 Å². The van der Waals surface area contributed by atoms with E-state index in [4.69, 9.17) is 4.42 Å². The third-order valence-electron chi connectivity index (χ3n) is 2.67. The van der Waals surface area contributed by atoms with Crippen LogP contribution in [0.4, 0.5) is 8.78 Å². The highest BCUT2D eigenvalue weighted by atomic mass is 79.9. The van der Waals surface area contributed by atoms with Crippen LogP contribution >= 0.6 is 15.9 Å². The Morgan fingerprint density at radius 3 is 2.44 bits per heavy atom. The van der Waals surface area contributed by atoms with E-state index >= 15 is 0 Å². The lowest BCUT2D eigenvalue weighted by Crippen LogP contribution is -2.18. The second-order valence-electron chi connectivity index (χ2n) is 3.96. The van der Waals surface area contributed by atoms with Crippen LogP contribution < -0.4 is 5.32 Å². The zero-order valence-electron chi connectivity index (χ0n) is 9.71. The maximum Gasteiger partial charge on any atom is 0.135 e. The largest absolute Gasteiger partial charge is 0.466 e. The molecule has 0 fully saturated rings. The lowest BCUT2D eigenvalue weighted by molar-refractivity contribution is 0.426. The van der Waals surface area contributed by atoms with Gasteiger partial charge in [0.1, 0.15) is 17.4 Å². The van der Waals surface area contributed by atoms with E-state index in [1.807, 2.05) is 0 Å². The molecule has 0 bridgehead atoms. The third-order valence-corrected chi connectivity index (χ3v) is 3.33. The molecule has 2 rings (SSSR count). The third kappa shape index (κ3) is 2.97. The molecule has 96 valence electrons. The summed E-state index contributed by atoms with van der Waals surface area (Å²) < 4.78 is 32.4. The molecule has 1 N–H and O–H groups in total. The quantitative estimate of drug-likeness (QED) is 0.927. The van der Waals surface area contributed by atoms with Crippen molar-refractivity contribution in [3.63, 3.8) is 0 Å². The molecule has 0 spiro atoms. The van der Waals surface area contributed by atoms with Gasteiger partial charge < -0.3 is 9.73 Å². The van der Waals surface area contributed by atoms with E-state index in [-0.39, 0.29) is 6.04 Å². The van der Waals surface area contributed by atoms with Crippen molar-refractivity contribution in [1.29, 1.82) is 0 Å². The summed E-state index contributed by atoms with van der Waals surface area (Å²) in [5.41, 5.74) is 0.579. The molecule has 1 aromatic carbocycles. The Morgan fingerprint density at radius 1 is 1.28 bits per heavy atom. The summed E-state index contributed by atoms with van der Waals surface area (Å²) in [4.78, 5) is 0. The number of likely N-dealkylation sites (N-methyl/N-ethyl adjacent to an activating group) is 1. The fraction of sp³-hybridized carbons (Fsp3) is 0.231. The predicted molar refractivity (Wildman–Crippen MR) is 68.3 cm³/mol. The van der Waals surface area contributed by atoms with Crippen LogP contribution in [-0.4, -0.2) is 7.05 Å². The number of hydrogen-bond acceptors (Lipinski definition) is 2. The lowest BCUT2D eigenvalue weighted by Gasteiger charge is -2.14. The predicted octanol–water partition coefficient (Wildman–Crippen LogP) is 3.82. The molecule has 0 aliphatic carbocycles. The van der Waals surface area contributed by atoms with Gasteiger partial charge in [-0.2, -0.15) is 0 Å². The molecule has 1 heterocycles. The van der Waals surface area contributed by atoms with Crippen LogP contribution in [-0.2, 0) is 6.42 Å². The zero-order valence-corrected chi connectivity index (χ0v) is 11.3. The normalized spacial score (nSPS) is 12.7. The first-order valence-electron chi connectivity index (χ1n) is 5.45. The molecule has 0 radical (unpaired) electrons. The van der Waals surface area contributed by atoms with Crippen molar-refractivity contribution in [2.45, 2.75) is 12.5 Å². The van der Waals surface area contributed by atoms with Crippen LogP contribution in [0, 0.1) is 11.6 Å². The average Bonchev–Trinajstić information content (AvgIpc) is 2.71. The van der Waals surface area contributed by atoms with E-state index in [9.17, 15) is 8.78 Å². The molecule has 2 nitrogen and oxygen atoms in total. The number of halogens is 3. The van der Waals surface area contributed by atoms with E-state index in [1.165, 1.54) is 12.1 Å². The van der Waals surface area contributed by atoms with E-state index in [1.54, 1.807) is 19.4 Å². The lowest BCUT2D eigenvalue weighted by atomic mass is 10.0. The minimum atomic E-state index is -0.571. The van der Waals surface area contributed by atoms with Gasteiger partial charge >= 0.3 is 0 Å². The summed E-state index contributed by atoms with van der Waals surface area (Å²) in [5.74, 6) is -0.432. The summed E-state index contributed by atoms with van der Waals surface area (Å²) in [6, 6.07) is 5.15. The molecular formula is C13H12BrF2NO. The standard InChI is InChI=1S/C13H12BrF2NO/c1-17-12(13-11(14)2-3-18-13)6-8-4-9(15)7-10(16)5-8/h2-5,7,12,17H,6H2,1H3. The summed E-state index contributed by atoms with van der Waals surface area (Å²) in [5, 5.41) is 3.06. The molecule has 18 heavy (non-hydrogen) atoms. The summed E-state index contributed by atoms with van der Waals surface area (Å²) in [6.45, 7) is 0. The molecule has 5 heteroatoms. The van der Waals surface area contributed by atoms with Gasteiger partial charge in [-0.3, -0.25) is 0 Å². The van der Waals surface area contributed by atoms with Gasteiger partial charge in [-0.15, -0.1) is 0 Å². The minimum Gasteiger partial charge on any atom is -0.466 e. The smallest absolute Gasteiger partial charge is 0.135 e. The van der Waals surface area contributed by atoms with Crippen molar-refractivity contribution in [1.82, 2.24) is 5.32 Å². The van der Waals surface area contributed by atoms with E-state index in [2.05, 4.69) is 21.2 Å². The van der Waals surface area contributed by atoms with Crippen LogP contribution in [0.5, 0.6) is 0 Å². The second kappa shape index (κ2) is 5.63. The molecular weight excluding hydrogens is 304 g/mol. The first kappa shape index (κ1) is 13.2. The van der Waals surface area contributed by atoms with E-state index in [0.29, 0.717) is 17.7 Å². The molecule has 2 aromatic rings. The Kier molecular flexibility index (Phi) is 4.14. The fourth-order valence-electron chi connectivity index (χ4n) is 1.84. The number of hydrogen-bond donors (Lipinski definition) is 1. The summed E-state index contributed by atoms with van der Waals surface area (Å²) in [7, 11) is 1.77. The Labute approximate surface area is 112 Å². The number of nitrogens with one attached hydrogen (secondary N) is 1. The van der Waals surface area contributed by atoms with Crippen molar-refractivity contribution in [3.8, 4) is 0 Å². The van der Waals surface area contributed by atoms with Crippen molar-refractivity contribution in [3.05, 3.63) is 58.0 Å². The number of rotatable bonds is 4. The molecule has 1 atom stereocenters. The Morgan fingerprint density at radius 2 is 1.94 bits per heavy atom. The average molecular weight is 316 g/mol. The number of furan rings is 1. The molecule has 0 saturated carbocycles. The number of benzene rings is 1. The van der Waals surface area contributed by atoms with Crippen molar-refractivity contribution in [2.24, 2.45) is 0 Å². The maximum atomic E-state index is 13.1. The first-order valence-corrected chi connectivity index (χ1v) is 6.24. The van der Waals surface area contributed by atoms with Gasteiger partial charge in [0, 0.05) is 6.07 Å². The molecule has 0 aliphatic rings. The monoisotopic (exact) mass is 315 g/mol. The maximum absolute atomic E-state index is 13.1. The van der Waals surface area contributed by atoms with Crippen molar-refractivity contribution >= 4 is 15.9 Å². The SMILES string of the molecule is CNC(Cc1cc(F)cc(F)c1)c1occc1Br. The topological polar surface area (TPSA) is 25.2 Å². The second-order valence-corrected chi connectivity index (χ2v) is 4.81. The van der Waals surface area contributed by atoms with Crippen LogP contribution in [0.1, 0.15) is 17.4 Å². The van der Waals surface area contributed by atoms with Gasteiger partial charge in [0.25, 0.3) is 0 Å². The van der Waals surface area contributed by atoms with Crippen molar-refractivity contribution < 1.29 is 13.2 Å². The molecule has 0 aliphatic heterocycles. The molecule has 0 saturated heterocycles. The van der Waals surface area contributed by atoms with E-state index in [0.717, 1.165) is 10.5 Å². The first-order chi connectivity index (χ1) is 8.60. The van der Waals surface area contributed by atoms with Crippen molar-refractivity contribution in [2.75, 3.05) is 7.05 Å². The van der Waals surface area contributed by atoms with Gasteiger partial charge in [0.15, 0.2) is 0 Å². The van der Waals surface area contributed by atoms with Crippen LogP contribution in [0.25, 0.3) is 0 Å². The molecule has 1 aromatic heterocycles. The van der Waals surface area contributed by atoms with Gasteiger partial charge in [0.2, 0.25) is 0 Å². The van der Waals surface area contributed by atoms with Crippen LogP contribution in [0.3, 0.4) is 0 Å². The summed E-state index contributed by atoms with van der Waals surface area (Å²) in [6.07, 6.45) is 2.01. The minimum absolute atomic E-state index is 0.143. The highest BCUT2D eigenvalue weighted by Gasteiger charge is 2.17. The van der Waals surface area contributed by atoms with Gasteiger partial charge in [-0.05, 0) is 53.2 Å². The Hall–Kier alpha value is -1.20. The summed E-state index contributed by atoms with van der Waals surface area (Å²) >= 11 is 3.37. The van der Waals surface area contributed by atoms with Gasteiger partial charge in [-0.25, -0.2) is 8.78 Å².